The Labute approximate surface area is 162 Å². The van der Waals surface area contributed by atoms with E-state index < -0.39 is 47.5 Å². The molecule has 0 aromatic rings. The minimum absolute atomic E-state index is 0.440. The fourth-order valence-electron chi connectivity index (χ4n) is 3.54. The lowest BCUT2D eigenvalue weighted by Gasteiger charge is -2.33. The Kier molecular flexibility index (Phi) is 6.96. The van der Waals surface area contributed by atoms with Crippen LogP contribution in [0, 0.1) is 23.7 Å². The Bertz CT molecular complexity index is 457. The van der Waals surface area contributed by atoms with Gasteiger partial charge in [-0.25, -0.2) is 0 Å². The van der Waals surface area contributed by atoms with Crippen LogP contribution < -0.4 is 11.5 Å². The molecule has 0 atom stereocenters. The van der Waals surface area contributed by atoms with Crippen molar-refractivity contribution >= 4 is 61.1 Å². The number of halogens is 2. The summed E-state index contributed by atoms with van der Waals surface area (Å²) < 4.78 is 8.69. The molecule has 4 aliphatic rings. The number of cyclic esters (lactones) is 4. The van der Waals surface area contributed by atoms with Crippen molar-refractivity contribution in [2.75, 3.05) is 0 Å². The van der Waals surface area contributed by atoms with Gasteiger partial charge >= 0.3 is 23.9 Å². The standard InChI is InChI=1S/C8H4O6.C6H14N2.I2/c9-5-1-2(6(10)13-5)4-3(1)7(11)14-8(4)12;7-5-1-2-6(8)4-3-5;1-2/h1-4H;5-6H,1-4,7-8H2;. The summed E-state index contributed by atoms with van der Waals surface area (Å²) in [7, 11) is 0. The molecular formula is C14H18I2N2O6. The van der Waals surface area contributed by atoms with Gasteiger partial charge in [-0.2, -0.15) is 0 Å². The molecule has 8 nitrogen and oxygen atoms in total. The van der Waals surface area contributed by atoms with E-state index in [2.05, 4.69) is 46.7 Å². The minimum Gasteiger partial charge on any atom is -0.393 e. The van der Waals surface area contributed by atoms with Crippen LogP contribution in [0.5, 0.6) is 0 Å². The van der Waals surface area contributed by atoms with Gasteiger partial charge in [0.2, 0.25) is 0 Å². The average Bonchev–Trinajstić information content (AvgIpc) is 2.87. The molecule has 0 unspecified atom stereocenters. The zero-order chi connectivity index (χ0) is 18.0. The van der Waals surface area contributed by atoms with Crippen LogP contribution in [0.2, 0.25) is 0 Å². The summed E-state index contributed by atoms with van der Waals surface area (Å²) in [6.45, 7) is 0. The van der Waals surface area contributed by atoms with Gasteiger partial charge in [-0.15, -0.1) is 0 Å². The van der Waals surface area contributed by atoms with Crippen molar-refractivity contribution in [1.82, 2.24) is 0 Å². The number of hydrogen-bond donors (Lipinski definition) is 2. The van der Waals surface area contributed by atoms with Gasteiger partial charge in [0.25, 0.3) is 0 Å². The second kappa shape index (κ2) is 8.36. The highest BCUT2D eigenvalue weighted by molar-refractivity contribution is 15.0. The van der Waals surface area contributed by atoms with Crippen LogP contribution in [-0.2, 0) is 28.7 Å². The number of ether oxygens (including phenoxy) is 2. The Morgan fingerprint density at radius 3 is 1.04 bits per heavy atom. The van der Waals surface area contributed by atoms with Crippen LogP contribution in [0.25, 0.3) is 0 Å². The summed E-state index contributed by atoms with van der Waals surface area (Å²) in [5.74, 6) is -6.00. The third-order valence-electron chi connectivity index (χ3n) is 4.86. The summed E-state index contributed by atoms with van der Waals surface area (Å²) in [6, 6.07) is 0.879. The second-order valence-electron chi connectivity index (χ2n) is 6.26. The van der Waals surface area contributed by atoms with Crippen LogP contribution in [0.15, 0.2) is 0 Å². The summed E-state index contributed by atoms with van der Waals surface area (Å²) in [5, 5.41) is 0. The van der Waals surface area contributed by atoms with Crippen molar-refractivity contribution in [3.05, 3.63) is 0 Å². The highest BCUT2D eigenvalue weighted by atomic mass is 128. The smallest absolute Gasteiger partial charge is 0.318 e. The number of carbonyl (C=O) groups excluding carboxylic acids is 4. The number of esters is 4. The molecule has 4 N–H and O–H groups in total. The molecule has 0 aromatic heterocycles. The first-order chi connectivity index (χ1) is 11.4. The van der Waals surface area contributed by atoms with E-state index in [-0.39, 0.29) is 0 Å². The number of hydrogen-bond acceptors (Lipinski definition) is 8. The predicted octanol–water partition coefficient (Wildman–Crippen LogP) is 0.618. The minimum atomic E-state index is -0.786. The maximum atomic E-state index is 11.1. The van der Waals surface area contributed by atoms with E-state index >= 15 is 0 Å². The Morgan fingerprint density at radius 1 is 0.625 bits per heavy atom. The van der Waals surface area contributed by atoms with E-state index in [9.17, 15) is 19.2 Å². The van der Waals surface area contributed by atoms with E-state index in [1.807, 2.05) is 0 Å². The van der Waals surface area contributed by atoms with E-state index in [1.165, 1.54) is 0 Å². The first-order valence-electron chi connectivity index (χ1n) is 7.56. The van der Waals surface area contributed by atoms with Crippen molar-refractivity contribution in [1.29, 1.82) is 0 Å². The molecule has 2 saturated carbocycles. The largest absolute Gasteiger partial charge is 0.393 e. The van der Waals surface area contributed by atoms with Gasteiger partial charge in [0.15, 0.2) is 0 Å². The number of nitrogens with two attached hydrogens (primary N) is 2. The molecule has 2 aliphatic carbocycles. The van der Waals surface area contributed by atoms with E-state index in [1.54, 1.807) is 0 Å². The van der Waals surface area contributed by atoms with Gasteiger partial charge in [0, 0.05) is 49.3 Å². The number of carbonyl (C=O) groups is 4. The Morgan fingerprint density at radius 2 is 0.833 bits per heavy atom. The number of rotatable bonds is 0. The zero-order valence-electron chi connectivity index (χ0n) is 12.7. The maximum Gasteiger partial charge on any atom is 0.318 e. The Balaban J connectivity index is 0.000000179. The normalized spacial score (nSPS) is 39.2. The van der Waals surface area contributed by atoms with Gasteiger partial charge in [0.1, 0.15) is 0 Å². The quantitative estimate of drug-likeness (QED) is 0.248. The lowest BCUT2D eigenvalue weighted by atomic mass is 9.59. The fraction of sp³-hybridized carbons (Fsp3) is 0.714. The third-order valence-corrected chi connectivity index (χ3v) is 4.86. The van der Waals surface area contributed by atoms with E-state index in [4.69, 9.17) is 11.5 Å². The van der Waals surface area contributed by atoms with Crippen molar-refractivity contribution in [3.8, 4) is 0 Å². The van der Waals surface area contributed by atoms with Gasteiger partial charge < -0.3 is 20.9 Å². The van der Waals surface area contributed by atoms with Crippen LogP contribution in [0.4, 0.5) is 0 Å². The summed E-state index contributed by atoms with van der Waals surface area (Å²) >= 11 is 4.24. The monoisotopic (exact) mass is 564 g/mol. The van der Waals surface area contributed by atoms with Crippen LogP contribution in [-0.4, -0.2) is 36.0 Å². The second-order valence-corrected chi connectivity index (χ2v) is 6.26. The number of fused-ring (bicyclic) bond motifs is 4. The molecule has 0 aromatic carbocycles. The lowest BCUT2D eigenvalue weighted by Crippen LogP contribution is -2.50. The molecule has 4 rings (SSSR count). The molecule has 4 fully saturated rings. The third kappa shape index (κ3) is 3.75. The lowest BCUT2D eigenvalue weighted by molar-refractivity contribution is -0.158. The molecule has 2 aliphatic heterocycles. The zero-order valence-corrected chi connectivity index (χ0v) is 17.0. The molecule has 0 bridgehead atoms. The Hall–Kier alpha value is -0.340. The molecule has 2 saturated heterocycles. The van der Waals surface area contributed by atoms with E-state index in [0.29, 0.717) is 12.1 Å². The van der Waals surface area contributed by atoms with Crippen LogP contribution >= 0.6 is 37.2 Å². The van der Waals surface area contributed by atoms with Crippen molar-refractivity contribution in [3.63, 3.8) is 0 Å². The molecular weight excluding hydrogens is 546 g/mol. The molecule has 24 heavy (non-hydrogen) atoms. The molecule has 0 amide bonds. The highest BCUT2D eigenvalue weighted by Gasteiger charge is 2.72. The molecule has 2 heterocycles. The molecule has 134 valence electrons. The first kappa shape index (κ1) is 20.0. The van der Waals surface area contributed by atoms with Crippen LogP contribution in [0.1, 0.15) is 25.7 Å². The van der Waals surface area contributed by atoms with Gasteiger partial charge in [-0.05, 0) is 25.7 Å². The average molecular weight is 564 g/mol. The summed E-state index contributed by atoms with van der Waals surface area (Å²) in [5.41, 5.74) is 11.3. The fourth-order valence-corrected chi connectivity index (χ4v) is 3.54. The van der Waals surface area contributed by atoms with E-state index in [0.717, 1.165) is 25.7 Å². The van der Waals surface area contributed by atoms with Gasteiger partial charge in [-0.3, -0.25) is 19.2 Å². The first-order valence-corrected chi connectivity index (χ1v) is 13.8. The highest BCUT2D eigenvalue weighted by Crippen LogP contribution is 2.54. The van der Waals surface area contributed by atoms with Crippen LogP contribution in [0.3, 0.4) is 0 Å². The molecule has 0 radical (unpaired) electrons. The summed E-state index contributed by atoms with van der Waals surface area (Å²) in [6.07, 6.45) is 4.50. The SMILES string of the molecule is II.NC1CCC(N)CC1.O=C1OC(=O)C2C1C1C(=O)OC(=O)C21. The van der Waals surface area contributed by atoms with Gasteiger partial charge in [0.05, 0.1) is 23.7 Å². The van der Waals surface area contributed by atoms with Crippen molar-refractivity contribution in [2.45, 2.75) is 37.8 Å². The molecule has 10 heteroatoms. The van der Waals surface area contributed by atoms with Crippen molar-refractivity contribution in [2.24, 2.45) is 35.1 Å². The summed E-state index contributed by atoms with van der Waals surface area (Å²) in [4.78, 5) is 44.3. The topological polar surface area (TPSA) is 139 Å². The predicted molar refractivity (Wildman–Crippen MR) is 98.6 cm³/mol. The maximum absolute atomic E-state index is 11.1. The molecule has 0 spiro atoms. The van der Waals surface area contributed by atoms with Gasteiger partial charge in [-0.1, -0.05) is 0 Å². The van der Waals surface area contributed by atoms with Crippen molar-refractivity contribution < 1.29 is 28.7 Å².